The van der Waals surface area contributed by atoms with E-state index in [-0.39, 0.29) is 17.4 Å². The number of alkyl halides is 3. The predicted molar refractivity (Wildman–Crippen MR) is 113 cm³/mol. The fourth-order valence-electron chi connectivity index (χ4n) is 4.18. The van der Waals surface area contributed by atoms with Gasteiger partial charge in [0.05, 0.1) is 22.5 Å². The fraction of sp³-hybridized carbons (Fsp3) is 0.522. The molecule has 0 atom stereocenters. The van der Waals surface area contributed by atoms with Gasteiger partial charge in [-0.25, -0.2) is 0 Å². The van der Waals surface area contributed by atoms with E-state index in [9.17, 15) is 23.1 Å². The minimum Gasteiger partial charge on any atom is -0.456 e. The lowest BCUT2D eigenvalue weighted by molar-refractivity contribution is -0.137. The third kappa shape index (κ3) is 5.10. The van der Waals surface area contributed by atoms with Crippen LogP contribution in [0.2, 0.25) is 0 Å². The lowest BCUT2D eigenvalue weighted by Gasteiger charge is -2.38. The lowest BCUT2D eigenvalue weighted by atomic mass is 9.93. The van der Waals surface area contributed by atoms with Crippen molar-refractivity contribution in [2.75, 3.05) is 36.5 Å². The number of amides is 1. The number of hydrogen-bond donors (Lipinski definition) is 2. The molecule has 9 heteroatoms. The third-order valence-corrected chi connectivity index (χ3v) is 6.23. The first-order chi connectivity index (χ1) is 15.1. The number of anilines is 2. The zero-order valence-corrected chi connectivity index (χ0v) is 17.9. The van der Waals surface area contributed by atoms with Crippen LogP contribution in [0.25, 0.3) is 0 Å². The highest BCUT2D eigenvalue weighted by Crippen LogP contribution is 2.37. The molecule has 0 unspecified atom stereocenters. The van der Waals surface area contributed by atoms with Crippen molar-refractivity contribution >= 4 is 17.3 Å². The highest BCUT2D eigenvalue weighted by atomic mass is 19.4. The molecule has 2 N–H and O–H groups in total. The maximum Gasteiger partial charge on any atom is 0.416 e. The molecule has 2 aliphatic rings. The third-order valence-electron chi connectivity index (χ3n) is 6.23. The molecule has 0 radical (unpaired) electrons. The molecule has 4 rings (SSSR count). The first-order valence-electron chi connectivity index (χ1n) is 10.8. The number of piperidine rings is 1. The molecular weight excluding hydrogens is 425 g/mol. The summed E-state index contributed by atoms with van der Waals surface area (Å²) in [5, 5.41) is 12.8. The van der Waals surface area contributed by atoms with Gasteiger partial charge in [-0.1, -0.05) is 0 Å². The molecule has 1 amide bonds. The molecule has 0 saturated carbocycles. The number of aliphatic hydroxyl groups is 1. The molecule has 3 heterocycles. The van der Waals surface area contributed by atoms with Crippen LogP contribution < -0.4 is 10.2 Å². The van der Waals surface area contributed by atoms with Gasteiger partial charge in [0.15, 0.2) is 5.76 Å². The summed E-state index contributed by atoms with van der Waals surface area (Å²) in [7, 11) is 0. The zero-order valence-electron chi connectivity index (χ0n) is 17.9. The molecule has 0 aliphatic carbocycles. The van der Waals surface area contributed by atoms with Gasteiger partial charge < -0.3 is 24.5 Å². The molecule has 2 aliphatic heterocycles. The topological polar surface area (TPSA) is 74.9 Å². The highest BCUT2D eigenvalue weighted by molar-refractivity contribution is 6.04. The molecule has 174 valence electrons. The fourth-order valence-corrected chi connectivity index (χ4v) is 4.18. The number of nitrogens with zero attached hydrogens (tertiary/aromatic N) is 1. The van der Waals surface area contributed by atoms with Crippen LogP contribution in [0, 0.1) is 0 Å². The Hall–Kier alpha value is -2.52. The second kappa shape index (κ2) is 8.78. The maximum absolute atomic E-state index is 13.3. The Kier molecular flexibility index (Phi) is 6.22. The van der Waals surface area contributed by atoms with E-state index in [1.165, 1.54) is 6.07 Å². The van der Waals surface area contributed by atoms with E-state index < -0.39 is 23.2 Å². The minimum absolute atomic E-state index is 0.0523. The monoisotopic (exact) mass is 452 g/mol. The van der Waals surface area contributed by atoms with E-state index in [0.29, 0.717) is 50.6 Å². The van der Waals surface area contributed by atoms with Gasteiger partial charge in [-0.15, -0.1) is 0 Å². The van der Waals surface area contributed by atoms with E-state index >= 15 is 0 Å². The summed E-state index contributed by atoms with van der Waals surface area (Å²) < 4.78 is 51.0. The number of ether oxygens (including phenoxy) is 1. The van der Waals surface area contributed by atoms with Crippen molar-refractivity contribution in [1.82, 2.24) is 0 Å². The highest BCUT2D eigenvalue weighted by Gasteiger charge is 2.33. The summed E-state index contributed by atoms with van der Waals surface area (Å²) >= 11 is 0. The molecule has 0 spiro atoms. The molecule has 2 fully saturated rings. The molecule has 2 aromatic rings. The number of benzene rings is 1. The van der Waals surface area contributed by atoms with Crippen molar-refractivity contribution in [3.8, 4) is 0 Å². The van der Waals surface area contributed by atoms with Crippen LogP contribution >= 0.6 is 0 Å². The van der Waals surface area contributed by atoms with E-state index in [1.807, 2.05) is 4.90 Å². The van der Waals surface area contributed by atoms with Gasteiger partial charge in [0, 0.05) is 32.2 Å². The van der Waals surface area contributed by atoms with Gasteiger partial charge in [-0.05, 0) is 62.9 Å². The van der Waals surface area contributed by atoms with E-state index in [4.69, 9.17) is 9.15 Å². The van der Waals surface area contributed by atoms with Crippen molar-refractivity contribution in [2.24, 2.45) is 0 Å². The van der Waals surface area contributed by atoms with Crippen molar-refractivity contribution in [1.29, 1.82) is 0 Å². The van der Waals surface area contributed by atoms with Gasteiger partial charge in [0.25, 0.3) is 5.91 Å². The number of carbonyl (C=O) groups excluding carboxylic acids is 1. The van der Waals surface area contributed by atoms with Crippen molar-refractivity contribution in [3.63, 3.8) is 0 Å². The Morgan fingerprint density at radius 1 is 1.16 bits per heavy atom. The SMILES string of the molecule is CC1(O)CCN(c2ccc(C(F)(F)F)cc2NC(=O)c2ccc(C3CCOCC3)o2)CC1. The summed E-state index contributed by atoms with van der Waals surface area (Å²) in [5.74, 6) is 0.292. The quantitative estimate of drug-likeness (QED) is 0.697. The van der Waals surface area contributed by atoms with Crippen LogP contribution in [0.4, 0.5) is 24.5 Å². The summed E-state index contributed by atoms with van der Waals surface area (Å²) in [6.07, 6.45) is -1.98. The lowest BCUT2D eigenvalue weighted by Crippen LogP contribution is -2.42. The summed E-state index contributed by atoms with van der Waals surface area (Å²) in [6.45, 7) is 3.94. The average molecular weight is 452 g/mol. The van der Waals surface area contributed by atoms with Crippen LogP contribution in [0.3, 0.4) is 0 Å². The van der Waals surface area contributed by atoms with Gasteiger partial charge in [0.1, 0.15) is 5.76 Å². The van der Waals surface area contributed by atoms with Crippen LogP contribution in [0.1, 0.15) is 60.4 Å². The van der Waals surface area contributed by atoms with Crippen LogP contribution in [-0.2, 0) is 10.9 Å². The Bertz CT molecular complexity index is 954. The number of carbonyl (C=O) groups is 1. The van der Waals surface area contributed by atoms with Crippen LogP contribution in [0.15, 0.2) is 34.7 Å². The first-order valence-corrected chi connectivity index (χ1v) is 10.8. The molecule has 2 saturated heterocycles. The summed E-state index contributed by atoms with van der Waals surface area (Å²) in [6, 6.07) is 6.61. The van der Waals surface area contributed by atoms with Gasteiger partial charge >= 0.3 is 6.18 Å². The van der Waals surface area contributed by atoms with Gasteiger partial charge in [0.2, 0.25) is 0 Å². The Morgan fingerprint density at radius 2 is 1.84 bits per heavy atom. The summed E-state index contributed by atoms with van der Waals surface area (Å²) in [4.78, 5) is 14.7. The van der Waals surface area contributed by atoms with E-state index in [1.54, 1.807) is 19.1 Å². The second-order valence-electron chi connectivity index (χ2n) is 8.76. The Morgan fingerprint density at radius 3 is 2.50 bits per heavy atom. The largest absolute Gasteiger partial charge is 0.456 e. The van der Waals surface area contributed by atoms with Gasteiger partial charge in [-0.2, -0.15) is 13.2 Å². The van der Waals surface area contributed by atoms with Crippen LogP contribution in [0.5, 0.6) is 0 Å². The van der Waals surface area contributed by atoms with Gasteiger partial charge in [-0.3, -0.25) is 4.79 Å². The van der Waals surface area contributed by atoms with Crippen molar-refractivity contribution in [2.45, 2.75) is 50.3 Å². The van der Waals surface area contributed by atoms with Crippen molar-refractivity contribution < 1.29 is 32.2 Å². The standard InChI is InChI=1S/C23H27F3N2O4/c1-22(30)8-10-28(11-9-22)18-3-2-16(23(24,25)26)14-17(18)27-21(29)20-5-4-19(32-20)15-6-12-31-13-7-15/h2-5,14-15,30H,6-13H2,1H3,(H,27,29). The number of hydrogen-bond acceptors (Lipinski definition) is 5. The summed E-state index contributed by atoms with van der Waals surface area (Å²) in [5.41, 5.74) is -1.10. The van der Waals surface area contributed by atoms with Crippen molar-refractivity contribution in [3.05, 3.63) is 47.4 Å². The zero-order chi connectivity index (χ0) is 22.9. The maximum atomic E-state index is 13.3. The molecular formula is C23H27F3N2O4. The van der Waals surface area contributed by atoms with Crippen LogP contribution in [-0.4, -0.2) is 42.9 Å². The molecule has 6 nitrogen and oxygen atoms in total. The number of halogens is 3. The second-order valence-corrected chi connectivity index (χ2v) is 8.76. The number of nitrogens with one attached hydrogen (secondary N) is 1. The molecule has 1 aromatic heterocycles. The average Bonchev–Trinajstić information content (AvgIpc) is 3.24. The smallest absolute Gasteiger partial charge is 0.416 e. The molecule has 1 aromatic carbocycles. The van der Waals surface area contributed by atoms with E-state index in [0.717, 1.165) is 25.0 Å². The molecule has 32 heavy (non-hydrogen) atoms. The Balaban J connectivity index is 1.57. The molecule has 0 bridgehead atoms. The first kappa shape index (κ1) is 22.7. The number of furan rings is 1. The Labute approximate surface area is 184 Å². The predicted octanol–water partition coefficient (Wildman–Crippen LogP) is 4.80. The minimum atomic E-state index is -4.54. The van der Waals surface area contributed by atoms with E-state index in [2.05, 4.69) is 5.32 Å². The number of rotatable bonds is 4. The normalized spacial score (nSPS) is 19.7.